The molecule has 0 bridgehead atoms. The first kappa shape index (κ1) is 7.92. The molecule has 0 saturated heterocycles. The number of nitrogen functional groups attached to an aromatic ring is 1. The third kappa shape index (κ3) is 1.90. The Morgan fingerprint density at radius 2 is 2.08 bits per heavy atom. The molecular weight excluding hydrogens is 160 g/mol. The highest BCUT2D eigenvalue weighted by Gasteiger charge is 1.96. The molecule has 0 aliphatic rings. The summed E-state index contributed by atoms with van der Waals surface area (Å²) in [6, 6.07) is 10.1. The van der Waals surface area contributed by atoms with Crippen molar-refractivity contribution in [3.05, 3.63) is 53.9 Å². The number of nitrogens with two attached hydrogens (primary N) is 1. The summed E-state index contributed by atoms with van der Waals surface area (Å²) in [7, 11) is 0. The molecule has 2 aromatic rings. The van der Waals surface area contributed by atoms with Gasteiger partial charge in [-0.1, -0.05) is 12.1 Å². The van der Waals surface area contributed by atoms with Gasteiger partial charge in [-0.25, -0.2) is 0 Å². The highest BCUT2D eigenvalue weighted by Crippen LogP contribution is 2.11. The Morgan fingerprint density at radius 3 is 2.77 bits per heavy atom. The van der Waals surface area contributed by atoms with Gasteiger partial charge in [0.05, 0.1) is 0 Å². The molecule has 0 spiro atoms. The van der Waals surface area contributed by atoms with Crippen LogP contribution >= 0.6 is 0 Å². The molecule has 0 unspecified atom stereocenters. The molecule has 0 aliphatic heterocycles. The second-order valence-electron chi connectivity index (χ2n) is 3.14. The molecule has 0 saturated carbocycles. The zero-order valence-corrected chi connectivity index (χ0v) is 7.33. The van der Waals surface area contributed by atoms with E-state index in [2.05, 4.69) is 17.1 Å². The van der Waals surface area contributed by atoms with E-state index in [9.17, 15) is 0 Å². The van der Waals surface area contributed by atoms with Crippen molar-refractivity contribution in [2.75, 3.05) is 5.73 Å². The van der Waals surface area contributed by atoms with E-state index in [1.807, 2.05) is 30.6 Å². The van der Waals surface area contributed by atoms with Crippen LogP contribution in [-0.2, 0) is 6.42 Å². The van der Waals surface area contributed by atoms with Crippen molar-refractivity contribution in [3.63, 3.8) is 0 Å². The van der Waals surface area contributed by atoms with Crippen molar-refractivity contribution in [3.8, 4) is 0 Å². The summed E-state index contributed by atoms with van der Waals surface area (Å²) in [4.78, 5) is 3.03. The van der Waals surface area contributed by atoms with Crippen LogP contribution < -0.4 is 5.73 Å². The minimum atomic E-state index is 0.827. The van der Waals surface area contributed by atoms with Crippen LogP contribution in [0.3, 0.4) is 0 Å². The van der Waals surface area contributed by atoms with Crippen LogP contribution in [0.25, 0.3) is 0 Å². The molecule has 0 fully saturated rings. The molecule has 0 atom stereocenters. The highest BCUT2D eigenvalue weighted by atomic mass is 14.6. The van der Waals surface area contributed by atoms with E-state index in [4.69, 9.17) is 5.73 Å². The van der Waals surface area contributed by atoms with Gasteiger partial charge >= 0.3 is 0 Å². The molecule has 0 aliphatic carbocycles. The van der Waals surface area contributed by atoms with E-state index in [1.165, 1.54) is 11.1 Å². The predicted octanol–water partition coefficient (Wildman–Crippen LogP) is 2.19. The number of anilines is 1. The number of aromatic amines is 1. The first-order valence-corrected chi connectivity index (χ1v) is 4.31. The number of hydrogen-bond donors (Lipinski definition) is 2. The van der Waals surface area contributed by atoms with Crippen molar-refractivity contribution < 1.29 is 0 Å². The first-order valence-electron chi connectivity index (χ1n) is 4.31. The summed E-state index contributed by atoms with van der Waals surface area (Å²) in [6.07, 6.45) is 4.87. The van der Waals surface area contributed by atoms with Crippen LogP contribution in [0, 0.1) is 0 Å². The Bertz CT molecular complexity index is 377. The SMILES string of the molecule is Nc1cccc(Cc2cc[nH]c2)c1. The largest absolute Gasteiger partial charge is 0.399 e. The zero-order chi connectivity index (χ0) is 9.10. The molecule has 0 radical (unpaired) electrons. The lowest BCUT2D eigenvalue weighted by Crippen LogP contribution is -1.89. The van der Waals surface area contributed by atoms with Gasteiger partial charge < -0.3 is 10.7 Å². The highest BCUT2D eigenvalue weighted by molar-refractivity contribution is 5.41. The number of rotatable bonds is 2. The fraction of sp³-hybridized carbons (Fsp3) is 0.0909. The maximum Gasteiger partial charge on any atom is 0.0316 e. The topological polar surface area (TPSA) is 41.8 Å². The molecule has 66 valence electrons. The number of benzene rings is 1. The number of H-pyrrole nitrogens is 1. The summed E-state index contributed by atoms with van der Waals surface area (Å²) in [6.45, 7) is 0. The van der Waals surface area contributed by atoms with Crippen molar-refractivity contribution in [1.82, 2.24) is 4.98 Å². The third-order valence-corrected chi connectivity index (χ3v) is 2.02. The van der Waals surface area contributed by atoms with E-state index in [-0.39, 0.29) is 0 Å². The monoisotopic (exact) mass is 172 g/mol. The minimum absolute atomic E-state index is 0.827. The molecule has 1 aromatic carbocycles. The summed E-state index contributed by atoms with van der Waals surface area (Å²) in [5.41, 5.74) is 9.04. The lowest BCUT2D eigenvalue weighted by molar-refractivity contribution is 1.20. The van der Waals surface area contributed by atoms with Gasteiger partial charge in [-0.05, 0) is 35.7 Å². The van der Waals surface area contributed by atoms with E-state index < -0.39 is 0 Å². The van der Waals surface area contributed by atoms with Crippen LogP contribution in [0.5, 0.6) is 0 Å². The van der Waals surface area contributed by atoms with Gasteiger partial charge in [0.25, 0.3) is 0 Å². The summed E-state index contributed by atoms with van der Waals surface area (Å²) in [5, 5.41) is 0. The molecule has 1 aromatic heterocycles. The summed E-state index contributed by atoms with van der Waals surface area (Å²) < 4.78 is 0. The van der Waals surface area contributed by atoms with E-state index in [1.54, 1.807) is 0 Å². The quantitative estimate of drug-likeness (QED) is 0.670. The predicted molar refractivity (Wildman–Crippen MR) is 54.5 cm³/mol. The van der Waals surface area contributed by atoms with Crippen LogP contribution in [-0.4, -0.2) is 4.98 Å². The van der Waals surface area contributed by atoms with Gasteiger partial charge in [-0.3, -0.25) is 0 Å². The van der Waals surface area contributed by atoms with Gasteiger partial charge in [-0.2, -0.15) is 0 Å². The number of nitrogens with one attached hydrogen (secondary N) is 1. The lowest BCUT2D eigenvalue weighted by atomic mass is 10.1. The second-order valence-corrected chi connectivity index (χ2v) is 3.14. The van der Waals surface area contributed by atoms with Crippen molar-refractivity contribution in [2.24, 2.45) is 0 Å². The van der Waals surface area contributed by atoms with E-state index in [0.29, 0.717) is 0 Å². The van der Waals surface area contributed by atoms with Gasteiger partial charge in [-0.15, -0.1) is 0 Å². The van der Waals surface area contributed by atoms with Crippen molar-refractivity contribution in [2.45, 2.75) is 6.42 Å². The normalized spacial score (nSPS) is 10.2. The Hall–Kier alpha value is -1.70. The molecule has 2 heteroatoms. The first-order chi connectivity index (χ1) is 6.34. The van der Waals surface area contributed by atoms with E-state index in [0.717, 1.165) is 12.1 Å². The van der Waals surface area contributed by atoms with Crippen molar-refractivity contribution >= 4 is 5.69 Å². The Balaban J connectivity index is 2.19. The van der Waals surface area contributed by atoms with Gasteiger partial charge in [0.15, 0.2) is 0 Å². The van der Waals surface area contributed by atoms with Gasteiger partial charge in [0.2, 0.25) is 0 Å². The molecule has 2 nitrogen and oxygen atoms in total. The van der Waals surface area contributed by atoms with Crippen LogP contribution in [0.1, 0.15) is 11.1 Å². The third-order valence-electron chi connectivity index (χ3n) is 2.02. The summed E-state index contributed by atoms with van der Waals surface area (Å²) >= 11 is 0. The maximum atomic E-state index is 5.68. The van der Waals surface area contributed by atoms with Gasteiger partial charge in [0, 0.05) is 18.1 Å². The van der Waals surface area contributed by atoms with Crippen LogP contribution in [0.4, 0.5) is 5.69 Å². The van der Waals surface area contributed by atoms with Crippen LogP contribution in [0.15, 0.2) is 42.7 Å². The fourth-order valence-corrected chi connectivity index (χ4v) is 1.41. The maximum absolute atomic E-state index is 5.68. The van der Waals surface area contributed by atoms with E-state index >= 15 is 0 Å². The smallest absolute Gasteiger partial charge is 0.0316 e. The molecule has 0 amide bonds. The van der Waals surface area contributed by atoms with Gasteiger partial charge in [0.1, 0.15) is 0 Å². The molecule has 3 N–H and O–H groups in total. The minimum Gasteiger partial charge on any atom is -0.399 e. The van der Waals surface area contributed by atoms with Crippen LogP contribution in [0.2, 0.25) is 0 Å². The Morgan fingerprint density at radius 1 is 1.15 bits per heavy atom. The summed E-state index contributed by atoms with van der Waals surface area (Å²) in [5.74, 6) is 0. The van der Waals surface area contributed by atoms with Crippen molar-refractivity contribution in [1.29, 1.82) is 0 Å². The average Bonchev–Trinajstić information content (AvgIpc) is 2.57. The molecular formula is C11H12N2. The second kappa shape index (κ2) is 3.35. The standard InChI is InChI=1S/C11H12N2/c12-11-3-1-2-9(7-11)6-10-4-5-13-8-10/h1-5,7-8,13H,6,12H2. The fourth-order valence-electron chi connectivity index (χ4n) is 1.41. The zero-order valence-electron chi connectivity index (χ0n) is 7.33. The molecule has 1 heterocycles. The molecule has 2 rings (SSSR count). The Labute approximate surface area is 77.4 Å². The number of aromatic nitrogens is 1. The Kier molecular flexibility index (Phi) is 2.04. The number of hydrogen-bond acceptors (Lipinski definition) is 1. The molecule has 13 heavy (non-hydrogen) atoms. The average molecular weight is 172 g/mol. The lowest BCUT2D eigenvalue weighted by Gasteiger charge is -1.99.